The highest BCUT2D eigenvalue weighted by molar-refractivity contribution is 5.88. The Labute approximate surface area is 199 Å². The van der Waals surface area contributed by atoms with Gasteiger partial charge in [-0.2, -0.15) is 0 Å². The lowest BCUT2D eigenvalue weighted by molar-refractivity contribution is -0.146. The Morgan fingerprint density at radius 3 is 1.62 bits per heavy atom. The standard InChI is InChI=1S/C25H24O7.C2H6/c26-23(25(29)30)16-17-2-10-21(11-3-17)31-14-1-15-32-22-12-8-19(9-13-22)18-4-6-20(7-5-18)24(27)28;1-2/h2-13,23,26H,1,14-16H2,(H,27,28)(H,29,30);1-2H3. The first-order valence-corrected chi connectivity index (χ1v) is 11.1. The van der Waals surface area contributed by atoms with Gasteiger partial charge in [-0.05, 0) is 53.1 Å². The lowest BCUT2D eigenvalue weighted by Gasteiger charge is -2.10. The zero-order valence-electron chi connectivity index (χ0n) is 19.3. The van der Waals surface area contributed by atoms with Crippen LogP contribution in [-0.4, -0.2) is 46.6 Å². The zero-order valence-corrected chi connectivity index (χ0v) is 19.3. The molecule has 0 aliphatic carbocycles. The van der Waals surface area contributed by atoms with Gasteiger partial charge in [-0.25, -0.2) is 9.59 Å². The Hall–Kier alpha value is -3.84. The second-order valence-electron chi connectivity index (χ2n) is 7.16. The lowest BCUT2D eigenvalue weighted by Crippen LogP contribution is -2.21. The Kier molecular flexibility index (Phi) is 10.6. The maximum atomic E-state index is 10.9. The highest BCUT2D eigenvalue weighted by atomic mass is 16.5. The molecule has 0 radical (unpaired) electrons. The van der Waals surface area contributed by atoms with Crippen LogP contribution in [0.1, 0.15) is 36.2 Å². The van der Waals surface area contributed by atoms with Crippen molar-refractivity contribution in [3.63, 3.8) is 0 Å². The largest absolute Gasteiger partial charge is 0.493 e. The summed E-state index contributed by atoms with van der Waals surface area (Å²) in [5.74, 6) is -0.791. The first-order valence-electron chi connectivity index (χ1n) is 11.1. The molecule has 3 rings (SSSR count). The van der Waals surface area contributed by atoms with Crippen LogP contribution in [0, 0.1) is 0 Å². The molecule has 7 heteroatoms. The van der Waals surface area contributed by atoms with E-state index < -0.39 is 18.0 Å². The van der Waals surface area contributed by atoms with Crippen molar-refractivity contribution in [2.75, 3.05) is 13.2 Å². The van der Waals surface area contributed by atoms with Gasteiger partial charge < -0.3 is 24.8 Å². The summed E-state index contributed by atoms with van der Waals surface area (Å²) in [7, 11) is 0. The van der Waals surface area contributed by atoms with E-state index >= 15 is 0 Å². The van der Waals surface area contributed by atoms with Crippen molar-refractivity contribution in [2.24, 2.45) is 0 Å². The van der Waals surface area contributed by atoms with E-state index in [0.717, 1.165) is 22.4 Å². The number of aliphatic hydroxyl groups is 1. The molecule has 34 heavy (non-hydrogen) atoms. The number of carboxylic acids is 2. The monoisotopic (exact) mass is 466 g/mol. The van der Waals surface area contributed by atoms with E-state index in [-0.39, 0.29) is 12.0 Å². The van der Waals surface area contributed by atoms with Gasteiger partial charge >= 0.3 is 11.9 Å². The lowest BCUT2D eigenvalue weighted by atomic mass is 10.0. The molecule has 1 atom stereocenters. The van der Waals surface area contributed by atoms with Gasteiger partial charge in [-0.15, -0.1) is 0 Å². The van der Waals surface area contributed by atoms with E-state index in [1.165, 1.54) is 0 Å². The Bertz CT molecular complexity index is 1030. The SMILES string of the molecule is CC.O=C(O)c1ccc(-c2ccc(OCCCOc3ccc(CC(O)C(=O)O)cc3)cc2)cc1. The van der Waals surface area contributed by atoms with Crippen LogP contribution in [0.2, 0.25) is 0 Å². The summed E-state index contributed by atoms with van der Waals surface area (Å²) >= 11 is 0. The van der Waals surface area contributed by atoms with E-state index in [1.54, 1.807) is 48.5 Å². The van der Waals surface area contributed by atoms with E-state index in [1.807, 2.05) is 38.1 Å². The molecule has 3 aromatic carbocycles. The summed E-state index contributed by atoms with van der Waals surface area (Å²) in [6.07, 6.45) is -0.682. The predicted molar refractivity (Wildman–Crippen MR) is 130 cm³/mol. The Balaban J connectivity index is 0.00000199. The van der Waals surface area contributed by atoms with Crippen LogP contribution in [0.15, 0.2) is 72.8 Å². The van der Waals surface area contributed by atoms with Crippen LogP contribution in [-0.2, 0) is 11.2 Å². The summed E-state index contributed by atoms with van der Waals surface area (Å²) in [4.78, 5) is 21.6. The van der Waals surface area contributed by atoms with Crippen LogP contribution in [0.3, 0.4) is 0 Å². The van der Waals surface area contributed by atoms with E-state index in [9.17, 15) is 14.7 Å². The van der Waals surface area contributed by atoms with Crippen molar-refractivity contribution in [1.29, 1.82) is 0 Å². The maximum absolute atomic E-state index is 10.9. The molecule has 0 saturated heterocycles. The average molecular weight is 467 g/mol. The number of aromatic carboxylic acids is 1. The van der Waals surface area contributed by atoms with Crippen LogP contribution >= 0.6 is 0 Å². The molecule has 0 spiro atoms. The second-order valence-corrected chi connectivity index (χ2v) is 7.16. The summed E-state index contributed by atoms with van der Waals surface area (Å²) in [6, 6.07) is 21.2. The van der Waals surface area contributed by atoms with E-state index in [0.29, 0.717) is 25.4 Å². The Morgan fingerprint density at radius 1 is 0.735 bits per heavy atom. The van der Waals surface area contributed by atoms with Crippen LogP contribution in [0.5, 0.6) is 11.5 Å². The fraction of sp³-hybridized carbons (Fsp3) is 0.259. The van der Waals surface area contributed by atoms with Crippen molar-refractivity contribution < 1.29 is 34.4 Å². The van der Waals surface area contributed by atoms with Crippen molar-refractivity contribution in [3.8, 4) is 22.6 Å². The van der Waals surface area contributed by atoms with Crippen LogP contribution in [0.25, 0.3) is 11.1 Å². The molecule has 7 nitrogen and oxygen atoms in total. The number of carbonyl (C=O) groups is 2. The molecule has 0 aliphatic rings. The van der Waals surface area contributed by atoms with Crippen molar-refractivity contribution in [1.82, 2.24) is 0 Å². The predicted octanol–water partition coefficient (Wildman–Crippen LogP) is 4.91. The van der Waals surface area contributed by atoms with Gasteiger partial charge in [0.25, 0.3) is 0 Å². The number of hydrogen-bond acceptors (Lipinski definition) is 5. The molecule has 0 aromatic heterocycles. The fourth-order valence-corrected chi connectivity index (χ4v) is 3.02. The maximum Gasteiger partial charge on any atom is 0.335 e. The smallest absolute Gasteiger partial charge is 0.335 e. The van der Waals surface area contributed by atoms with Gasteiger partial charge in [0, 0.05) is 12.8 Å². The third-order valence-electron chi connectivity index (χ3n) is 4.78. The number of ether oxygens (including phenoxy) is 2. The van der Waals surface area contributed by atoms with Gasteiger partial charge in [-0.3, -0.25) is 0 Å². The molecular formula is C27H30O7. The minimum absolute atomic E-state index is 0.0515. The third-order valence-corrected chi connectivity index (χ3v) is 4.78. The molecule has 0 fully saturated rings. The summed E-state index contributed by atoms with van der Waals surface area (Å²) in [5, 5.41) is 27.1. The molecule has 0 amide bonds. The molecule has 3 N–H and O–H groups in total. The number of carboxylic acid groups (broad SMARTS) is 2. The first-order chi connectivity index (χ1) is 16.4. The van der Waals surface area contributed by atoms with Crippen LogP contribution < -0.4 is 9.47 Å². The number of benzene rings is 3. The van der Waals surface area contributed by atoms with Gasteiger partial charge in [0.05, 0.1) is 18.8 Å². The number of hydrogen-bond donors (Lipinski definition) is 3. The molecule has 3 aromatic rings. The summed E-state index contributed by atoms with van der Waals surface area (Å²) in [6.45, 7) is 4.95. The van der Waals surface area contributed by atoms with E-state index in [2.05, 4.69) is 0 Å². The summed E-state index contributed by atoms with van der Waals surface area (Å²) in [5.41, 5.74) is 2.87. The quantitative estimate of drug-likeness (QED) is 0.344. The first kappa shape index (κ1) is 26.4. The van der Waals surface area contributed by atoms with E-state index in [4.69, 9.17) is 19.7 Å². The fourth-order valence-electron chi connectivity index (χ4n) is 3.02. The topological polar surface area (TPSA) is 113 Å². The highest BCUT2D eigenvalue weighted by Gasteiger charge is 2.13. The highest BCUT2D eigenvalue weighted by Crippen LogP contribution is 2.23. The molecule has 0 aliphatic heterocycles. The molecule has 1 unspecified atom stereocenters. The van der Waals surface area contributed by atoms with Gasteiger partial charge in [0.15, 0.2) is 6.10 Å². The Morgan fingerprint density at radius 2 is 1.18 bits per heavy atom. The third kappa shape index (κ3) is 8.26. The van der Waals surface area contributed by atoms with Crippen LogP contribution in [0.4, 0.5) is 0 Å². The number of rotatable bonds is 11. The van der Waals surface area contributed by atoms with Crippen molar-refractivity contribution >= 4 is 11.9 Å². The summed E-state index contributed by atoms with van der Waals surface area (Å²) < 4.78 is 11.4. The zero-order chi connectivity index (χ0) is 24.9. The van der Waals surface area contributed by atoms with Crippen molar-refractivity contribution in [3.05, 3.63) is 83.9 Å². The van der Waals surface area contributed by atoms with Gasteiger partial charge in [0.2, 0.25) is 0 Å². The molecule has 0 bridgehead atoms. The second kappa shape index (κ2) is 13.6. The molecule has 180 valence electrons. The molecule has 0 heterocycles. The molecular weight excluding hydrogens is 436 g/mol. The number of aliphatic hydroxyl groups excluding tert-OH is 1. The number of aliphatic carboxylic acids is 1. The van der Waals surface area contributed by atoms with Crippen molar-refractivity contribution in [2.45, 2.75) is 32.8 Å². The minimum atomic E-state index is -1.41. The average Bonchev–Trinajstić information content (AvgIpc) is 2.86. The van der Waals surface area contributed by atoms with Gasteiger partial charge in [0.1, 0.15) is 11.5 Å². The minimum Gasteiger partial charge on any atom is -0.493 e. The normalized spacial score (nSPS) is 11.0. The molecule has 0 saturated carbocycles. The van der Waals surface area contributed by atoms with Gasteiger partial charge in [-0.1, -0.05) is 50.2 Å².